The number of nitrogens with zero attached hydrogens (tertiary/aromatic N) is 2. The largest absolute Gasteiger partial charge is 0.493 e. The summed E-state index contributed by atoms with van der Waals surface area (Å²) >= 11 is 0. The van der Waals surface area contributed by atoms with E-state index >= 15 is 0 Å². The van der Waals surface area contributed by atoms with Gasteiger partial charge in [-0.1, -0.05) is 0 Å². The van der Waals surface area contributed by atoms with Gasteiger partial charge in [-0.3, -0.25) is 10.00 Å². The number of rotatable bonds is 8. The number of H-pyrrole nitrogens is 1. The van der Waals surface area contributed by atoms with Crippen molar-refractivity contribution in [3.8, 4) is 28.5 Å². The number of aromatic amines is 1. The number of aromatic nitrogens is 2. The summed E-state index contributed by atoms with van der Waals surface area (Å²) in [5.41, 5.74) is 2.89. The van der Waals surface area contributed by atoms with Crippen molar-refractivity contribution >= 4 is 0 Å². The Morgan fingerprint density at radius 2 is 1.81 bits per heavy atom. The number of benzene rings is 1. The average molecular weight is 357 g/mol. The number of methoxy groups -OCH3 is 3. The molecule has 0 saturated heterocycles. The summed E-state index contributed by atoms with van der Waals surface area (Å²) < 4.78 is 21.7. The highest BCUT2D eigenvalue weighted by molar-refractivity contribution is 5.70. The maximum Gasteiger partial charge on any atom is 0.203 e. The van der Waals surface area contributed by atoms with E-state index in [0.717, 1.165) is 22.6 Å². The minimum atomic E-state index is 0.565. The zero-order valence-electron chi connectivity index (χ0n) is 15.4. The van der Waals surface area contributed by atoms with Crippen LogP contribution in [-0.2, 0) is 13.1 Å². The predicted octanol–water partition coefficient (Wildman–Crippen LogP) is 3.33. The molecule has 7 heteroatoms. The molecule has 138 valence electrons. The van der Waals surface area contributed by atoms with Crippen molar-refractivity contribution in [3.63, 3.8) is 0 Å². The minimum absolute atomic E-state index is 0.565. The van der Waals surface area contributed by atoms with Crippen molar-refractivity contribution in [2.45, 2.75) is 13.1 Å². The van der Waals surface area contributed by atoms with Gasteiger partial charge in [0, 0.05) is 17.7 Å². The molecule has 0 amide bonds. The van der Waals surface area contributed by atoms with E-state index in [1.165, 1.54) is 0 Å². The number of nitrogens with one attached hydrogen (secondary N) is 1. The van der Waals surface area contributed by atoms with Crippen LogP contribution in [0.5, 0.6) is 17.2 Å². The highest BCUT2D eigenvalue weighted by atomic mass is 16.5. The Bertz CT molecular complexity index is 817. The molecule has 0 aliphatic carbocycles. The normalized spacial score (nSPS) is 11.0. The molecule has 0 spiro atoms. The Kier molecular flexibility index (Phi) is 5.48. The van der Waals surface area contributed by atoms with Crippen LogP contribution in [0.25, 0.3) is 11.3 Å². The molecule has 0 fully saturated rings. The second-order valence-electron chi connectivity index (χ2n) is 5.94. The Labute approximate surface area is 152 Å². The molecule has 0 bridgehead atoms. The first-order valence-corrected chi connectivity index (χ1v) is 8.19. The zero-order chi connectivity index (χ0) is 18.5. The molecule has 0 aliphatic heterocycles. The summed E-state index contributed by atoms with van der Waals surface area (Å²) in [7, 11) is 6.83. The Morgan fingerprint density at radius 1 is 1.08 bits per heavy atom. The lowest BCUT2D eigenvalue weighted by atomic mass is 10.1. The van der Waals surface area contributed by atoms with E-state index in [9.17, 15) is 0 Å². The maximum atomic E-state index is 5.45. The molecular weight excluding hydrogens is 334 g/mol. The Balaban J connectivity index is 1.88. The van der Waals surface area contributed by atoms with E-state index in [-0.39, 0.29) is 0 Å². The lowest BCUT2D eigenvalue weighted by molar-refractivity contribution is 0.288. The van der Waals surface area contributed by atoms with Crippen molar-refractivity contribution in [1.82, 2.24) is 15.1 Å². The fourth-order valence-corrected chi connectivity index (χ4v) is 2.92. The summed E-state index contributed by atoms with van der Waals surface area (Å²) in [5, 5.41) is 7.29. The molecule has 0 atom stereocenters. The summed E-state index contributed by atoms with van der Waals surface area (Å²) in [5.74, 6) is 2.69. The molecule has 0 aliphatic rings. The molecule has 0 saturated carbocycles. The first-order chi connectivity index (χ1) is 12.7. The second kappa shape index (κ2) is 7.97. The smallest absolute Gasteiger partial charge is 0.203 e. The fourth-order valence-electron chi connectivity index (χ4n) is 2.92. The van der Waals surface area contributed by atoms with Gasteiger partial charge in [-0.2, -0.15) is 5.10 Å². The average Bonchev–Trinajstić information content (AvgIpc) is 3.32. The fraction of sp³-hybridized carbons (Fsp3) is 0.316. The van der Waals surface area contributed by atoms with Gasteiger partial charge in [-0.05, 0) is 31.3 Å². The van der Waals surface area contributed by atoms with Gasteiger partial charge >= 0.3 is 0 Å². The van der Waals surface area contributed by atoms with Gasteiger partial charge in [0.2, 0.25) is 5.75 Å². The molecular formula is C19H23N3O4. The Hall–Kier alpha value is -2.93. The van der Waals surface area contributed by atoms with Gasteiger partial charge in [-0.15, -0.1) is 0 Å². The summed E-state index contributed by atoms with van der Waals surface area (Å²) in [6, 6.07) is 7.67. The van der Waals surface area contributed by atoms with Gasteiger partial charge in [0.25, 0.3) is 0 Å². The van der Waals surface area contributed by atoms with Crippen molar-refractivity contribution in [3.05, 3.63) is 48.0 Å². The molecule has 1 N–H and O–H groups in total. The quantitative estimate of drug-likeness (QED) is 0.667. The lowest BCUT2D eigenvalue weighted by Gasteiger charge is -2.16. The summed E-state index contributed by atoms with van der Waals surface area (Å²) in [4.78, 5) is 2.16. The van der Waals surface area contributed by atoms with Crippen LogP contribution < -0.4 is 14.2 Å². The van der Waals surface area contributed by atoms with E-state index in [1.54, 1.807) is 27.6 Å². The molecule has 2 aromatic heterocycles. The van der Waals surface area contributed by atoms with Crippen LogP contribution in [0.1, 0.15) is 11.3 Å². The standard InChI is InChI=1S/C19H23N3O4/c1-22(12-15-6-5-7-26-15)11-14-10-20-21-18(14)13-8-16(23-2)19(25-4)17(9-13)24-3/h5-10H,11-12H2,1-4H3,(H,20,21). The van der Waals surface area contributed by atoms with Gasteiger partial charge in [0.05, 0.1) is 46.0 Å². The second-order valence-corrected chi connectivity index (χ2v) is 5.94. The first kappa shape index (κ1) is 17.9. The molecule has 1 aromatic carbocycles. The molecule has 3 aromatic rings. The summed E-state index contributed by atoms with van der Waals surface area (Å²) in [6.45, 7) is 1.43. The highest BCUT2D eigenvalue weighted by Gasteiger charge is 2.17. The minimum Gasteiger partial charge on any atom is -0.493 e. The molecule has 0 radical (unpaired) electrons. The Morgan fingerprint density at radius 3 is 2.38 bits per heavy atom. The third-order valence-corrected chi connectivity index (χ3v) is 4.12. The van der Waals surface area contributed by atoms with Gasteiger partial charge in [-0.25, -0.2) is 0 Å². The topological polar surface area (TPSA) is 72.8 Å². The van der Waals surface area contributed by atoms with Crippen LogP contribution in [0.2, 0.25) is 0 Å². The van der Waals surface area contributed by atoms with Gasteiger partial charge in [0.15, 0.2) is 11.5 Å². The zero-order valence-corrected chi connectivity index (χ0v) is 15.4. The van der Waals surface area contributed by atoms with Crippen LogP contribution in [0.3, 0.4) is 0 Å². The monoisotopic (exact) mass is 357 g/mol. The van der Waals surface area contributed by atoms with Gasteiger partial charge < -0.3 is 18.6 Å². The van der Waals surface area contributed by atoms with Crippen molar-refractivity contribution < 1.29 is 18.6 Å². The van der Waals surface area contributed by atoms with Crippen molar-refractivity contribution in [1.29, 1.82) is 0 Å². The van der Waals surface area contributed by atoms with E-state index < -0.39 is 0 Å². The third-order valence-electron chi connectivity index (χ3n) is 4.12. The molecule has 2 heterocycles. The van der Waals surface area contributed by atoms with Gasteiger partial charge in [0.1, 0.15) is 5.76 Å². The summed E-state index contributed by atoms with van der Waals surface area (Å²) in [6.07, 6.45) is 3.51. The molecule has 0 unspecified atom stereocenters. The van der Waals surface area contributed by atoms with E-state index in [4.69, 9.17) is 18.6 Å². The van der Waals surface area contributed by atoms with E-state index in [0.29, 0.717) is 30.3 Å². The predicted molar refractivity (Wildman–Crippen MR) is 97.6 cm³/mol. The third kappa shape index (κ3) is 3.67. The molecule has 3 rings (SSSR count). The number of hydrogen-bond acceptors (Lipinski definition) is 6. The maximum absolute atomic E-state index is 5.45. The van der Waals surface area contributed by atoms with Crippen LogP contribution in [-0.4, -0.2) is 43.5 Å². The van der Waals surface area contributed by atoms with Crippen molar-refractivity contribution in [2.24, 2.45) is 0 Å². The number of ether oxygens (including phenoxy) is 3. The molecule has 7 nitrogen and oxygen atoms in total. The van der Waals surface area contributed by atoms with E-state index in [2.05, 4.69) is 15.1 Å². The number of furan rings is 1. The van der Waals surface area contributed by atoms with E-state index in [1.807, 2.05) is 37.5 Å². The molecule has 26 heavy (non-hydrogen) atoms. The van der Waals surface area contributed by atoms with Crippen LogP contribution in [0, 0.1) is 0 Å². The highest BCUT2D eigenvalue weighted by Crippen LogP contribution is 2.41. The first-order valence-electron chi connectivity index (χ1n) is 8.19. The van der Waals surface area contributed by atoms with Crippen LogP contribution >= 0.6 is 0 Å². The number of hydrogen-bond donors (Lipinski definition) is 1. The van der Waals surface area contributed by atoms with Crippen LogP contribution in [0.4, 0.5) is 0 Å². The SMILES string of the molecule is COc1cc(-c2[nH]ncc2CN(C)Cc2ccco2)cc(OC)c1OC. The van der Waals surface area contributed by atoms with Crippen molar-refractivity contribution in [2.75, 3.05) is 28.4 Å². The van der Waals surface area contributed by atoms with Crippen LogP contribution in [0.15, 0.2) is 41.1 Å². The lowest BCUT2D eigenvalue weighted by Crippen LogP contribution is -2.17.